The Morgan fingerprint density at radius 1 is 0.755 bits per heavy atom. The Bertz CT molecular complexity index is 2160. The molecule has 4 unspecified atom stereocenters. The quantitative estimate of drug-likeness (QED) is 0.327. The predicted octanol–water partition coefficient (Wildman–Crippen LogP) is 2.00. The number of Topliss-reactive ketones (excluding diaryl/α,β-unsaturated/α-hetero) is 2. The van der Waals surface area contributed by atoms with E-state index in [4.69, 9.17) is 14.0 Å². The van der Waals surface area contributed by atoms with E-state index in [0.29, 0.717) is 22.6 Å². The van der Waals surface area contributed by atoms with E-state index in [1.165, 1.54) is 23.3 Å². The van der Waals surface area contributed by atoms with Crippen molar-refractivity contribution in [2.75, 3.05) is 5.32 Å². The molecule has 1 aromatic carbocycles. The summed E-state index contributed by atoms with van der Waals surface area (Å²) in [6.07, 6.45) is 10.8. The molecule has 2 amide bonds. The van der Waals surface area contributed by atoms with Gasteiger partial charge in [-0.1, -0.05) is 26.8 Å². The van der Waals surface area contributed by atoms with Gasteiger partial charge in [0.2, 0.25) is 10.2 Å². The first kappa shape index (κ1) is 39.9. The van der Waals surface area contributed by atoms with Crippen LogP contribution in [0.2, 0.25) is 0 Å². The Hall–Kier alpha value is -2.79. The second-order valence-electron chi connectivity index (χ2n) is 15.8. The van der Waals surface area contributed by atoms with Crippen molar-refractivity contribution >= 4 is 43.3 Å². The molecule has 53 heavy (non-hydrogen) atoms. The number of hydrogen-bond donors (Lipinski definition) is 3. The maximum absolute atomic E-state index is 12.9. The molecule has 2 aromatic heterocycles. The molecule has 2 fully saturated rings. The summed E-state index contributed by atoms with van der Waals surface area (Å²) >= 11 is 0. The Morgan fingerprint density at radius 3 is 1.66 bits per heavy atom. The molecule has 2 heterocycles. The summed E-state index contributed by atoms with van der Waals surface area (Å²) in [6.45, 7) is 4.90. The van der Waals surface area contributed by atoms with Crippen LogP contribution in [0.1, 0.15) is 138 Å². The summed E-state index contributed by atoms with van der Waals surface area (Å²) in [5.41, 5.74) is 5.58. The molecule has 0 aliphatic heterocycles. The summed E-state index contributed by atoms with van der Waals surface area (Å²) < 4.78 is 60.9. The zero-order chi connectivity index (χ0) is 37.3. The van der Waals surface area contributed by atoms with Gasteiger partial charge in [0.1, 0.15) is 11.5 Å². The van der Waals surface area contributed by atoms with Gasteiger partial charge in [-0.25, -0.2) is 23.1 Å². The fourth-order valence-electron chi connectivity index (χ4n) is 8.66. The summed E-state index contributed by atoms with van der Waals surface area (Å²) in [4.78, 5) is 37.2. The topological polar surface area (TPSA) is 219 Å². The van der Waals surface area contributed by atoms with Gasteiger partial charge >= 0.3 is 35.6 Å². The minimum absolute atomic E-state index is 0. The molecule has 0 saturated heterocycles. The van der Waals surface area contributed by atoms with E-state index >= 15 is 0 Å². The van der Waals surface area contributed by atoms with E-state index in [-0.39, 0.29) is 75.0 Å². The average Bonchev–Trinajstić information content (AvgIpc) is 3.88. The second-order valence-corrected chi connectivity index (χ2v) is 18.9. The van der Waals surface area contributed by atoms with Gasteiger partial charge in [0.05, 0.1) is 11.1 Å². The van der Waals surface area contributed by atoms with Crippen LogP contribution in [0, 0.1) is 11.8 Å². The number of nitrogens with one attached hydrogen (secondary N) is 2. The Kier molecular flexibility index (Phi) is 11.1. The number of hydrogen-bond acceptors (Lipinski definition) is 10. The monoisotopic (exact) mass is 777 g/mol. The number of ketones is 2. The Labute approximate surface area is 331 Å². The van der Waals surface area contributed by atoms with Crippen molar-refractivity contribution in [1.82, 2.24) is 4.72 Å². The molecule has 16 heteroatoms. The van der Waals surface area contributed by atoms with E-state index in [1.54, 1.807) is 20.8 Å². The van der Waals surface area contributed by atoms with Gasteiger partial charge in [-0.05, 0) is 99.3 Å². The largest absolute Gasteiger partial charge is 1.00 e. The minimum Gasteiger partial charge on any atom is -0.850 e. The van der Waals surface area contributed by atoms with Crippen LogP contribution in [-0.4, -0.2) is 40.0 Å². The number of urea groups is 1. The third kappa shape index (κ3) is 8.12. The molecule has 280 valence electrons. The number of sulfonamides is 2. The van der Waals surface area contributed by atoms with Crippen molar-refractivity contribution in [3.63, 3.8) is 0 Å². The van der Waals surface area contributed by atoms with Gasteiger partial charge in [-0.2, -0.15) is 8.42 Å². The first-order valence-electron chi connectivity index (χ1n) is 18.0. The van der Waals surface area contributed by atoms with Gasteiger partial charge in [0, 0.05) is 41.5 Å². The number of nitrogens with two attached hydrogens (primary N) is 1. The summed E-state index contributed by atoms with van der Waals surface area (Å²) in [7, 11) is -8.08. The fraction of sp³-hybridized carbons (Fsp3) is 0.541. The van der Waals surface area contributed by atoms with Crippen LogP contribution in [0.5, 0.6) is 0 Å². The van der Waals surface area contributed by atoms with Crippen LogP contribution in [-0.2, 0) is 45.7 Å². The molecule has 2 saturated carbocycles. The number of furan rings is 2. The van der Waals surface area contributed by atoms with Crippen molar-refractivity contribution in [2.45, 2.75) is 125 Å². The number of benzene rings is 1. The van der Waals surface area contributed by atoms with Crippen molar-refractivity contribution in [3.05, 3.63) is 63.1 Å². The molecular formula is C37H44N3NaO10S2. The predicted molar refractivity (Wildman–Crippen MR) is 187 cm³/mol. The van der Waals surface area contributed by atoms with Crippen molar-refractivity contribution < 1.29 is 74.7 Å². The van der Waals surface area contributed by atoms with E-state index in [1.807, 2.05) is 0 Å². The maximum Gasteiger partial charge on any atom is 1.00 e. The smallest absolute Gasteiger partial charge is 0.850 e. The third-order valence-corrected chi connectivity index (χ3v) is 12.8. The van der Waals surface area contributed by atoms with Crippen molar-refractivity contribution in [3.8, 4) is 0 Å². The second kappa shape index (κ2) is 14.7. The third-order valence-electron chi connectivity index (χ3n) is 10.8. The summed E-state index contributed by atoms with van der Waals surface area (Å²) in [6, 6.07) is 4.02. The van der Waals surface area contributed by atoms with Gasteiger partial charge in [-0.3, -0.25) is 9.59 Å². The number of primary sulfonamides is 1. The average molecular weight is 778 g/mol. The minimum atomic E-state index is -4.22. The SMILES string of the molecule is CC(C)(C)[O-].NS(=O)(=O)c1cc2c(o1)C1CCC(C1)C2=O.O=C(Nc1c2c(cc3c1CCC3)CCC2)NS(=O)(=O)c1cc2c(o1)C1CCC(C1)C2=O.[Na+]. The number of aryl methyl sites for hydroxylation is 2. The fourth-order valence-corrected chi connectivity index (χ4v) is 10.0. The molecule has 13 nitrogen and oxygen atoms in total. The van der Waals surface area contributed by atoms with Crippen LogP contribution in [0.4, 0.5) is 10.5 Å². The van der Waals surface area contributed by atoms with Crippen molar-refractivity contribution in [1.29, 1.82) is 0 Å². The normalized spacial score (nSPS) is 23.3. The van der Waals surface area contributed by atoms with E-state index < -0.39 is 31.7 Å². The first-order valence-corrected chi connectivity index (χ1v) is 21.0. The van der Waals surface area contributed by atoms with Crippen molar-refractivity contribution in [2.24, 2.45) is 17.0 Å². The number of carbonyl (C=O) groups is 3. The van der Waals surface area contributed by atoms with Gasteiger partial charge in [0.25, 0.3) is 20.0 Å². The van der Waals surface area contributed by atoms with Crippen LogP contribution < -0.4 is 49.8 Å². The van der Waals surface area contributed by atoms with Crippen LogP contribution in [0.3, 0.4) is 0 Å². The molecular weight excluding hydrogens is 734 g/mol. The zero-order valence-corrected chi connectivity index (χ0v) is 34.1. The molecule has 4 bridgehead atoms. The molecule has 4 N–H and O–H groups in total. The van der Waals surface area contributed by atoms with Crippen LogP contribution in [0.15, 0.2) is 37.2 Å². The number of fused-ring (bicyclic) bond motifs is 10. The standard InChI is InChI=1S/C23H24N2O5S.C10H11NO4S.C4H9O.Na/c26-21-14-7-8-15(10-14)22-18(21)11-19(30-22)31(28,29)25-23(27)24-20-16-5-1-3-12(16)9-13-4-2-6-17(13)20;11-16(13,14)8-4-7-9(12)5-1-2-6(3-5)10(7)15-8;1-4(2,3)5;/h9,11,14-15H,1-8,10H2,(H2,24,25,27);4-6H,1-3H2,(H2,11,13,14);1-3H3;/q;;-1;+1. The number of carbonyl (C=O) groups excluding carboxylic acids is 3. The number of anilines is 1. The van der Waals surface area contributed by atoms with E-state index in [0.717, 1.165) is 93.9 Å². The van der Waals surface area contributed by atoms with Crippen LogP contribution in [0.25, 0.3) is 0 Å². The molecule has 0 radical (unpaired) electrons. The molecule has 0 spiro atoms. The molecule has 3 aromatic rings. The summed E-state index contributed by atoms with van der Waals surface area (Å²) in [5, 5.41) is 17.3. The van der Waals surface area contributed by atoms with E-state index in [2.05, 4.69) is 16.1 Å². The molecule has 4 atom stereocenters. The van der Waals surface area contributed by atoms with Gasteiger partial charge in [0.15, 0.2) is 11.6 Å². The zero-order valence-electron chi connectivity index (χ0n) is 30.5. The van der Waals surface area contributed by atoms with Crippen LogP contribution >= 0.6 is 0 Å². The van der Waals surface area contributed by atoms with Gasteiger partial charge in [-0.15, -0.1) is 5.60 Å². The van der Waals surface area contributed by atoms with Gasteiger partial charge < -0.3 is 19.3 Å². The van der Waals surface area contributed by atoms with E-state index in [9.17, 15) is 36.3 Å². The summed E-state index contributed by atoms with van der Waals surface area (Å²) in [5.74, 6) is 1.21. The first-order chi connectivity index (χ1) is 24.4. The number of amides is 2. The Morgan fingerprint density at radius 2 is 1.19 bits per heavy atom. The molecule has 9 rings (SSSR count). The maximum atomic E-state index is 12.9. The molecule has 6 aliphatic rings. The molecule has 6 aliphatic carbocycles. The Balaban J connectivity index is 0.000000183. The number of rotatable bonds is 4.